The number of hydrogen-bond acceptors (Lipinski definition) is 5. The molecule has 2 aliphatic rings. The van der Waals surface area contributed by atoms with E-state index in [1.807, 2.05) is 53.9 Å². The van der Waals surface area contributed by atoms with Crippen LogP contribution in [0.3, 0.4) is 0 Å². The van der Waals surface area contributed by atoms with Crippen LogP contribution in [0.2, 0.25) is 0 Å². The highest BCUT2D eigenvalue weighted by molar-refractivity contribution is 8.17. The SMILES string of the molecule is O=C(OCc1ccoc1)[C@@H]1C(C2SCCCS2)=C(c2ccccc2)[C@H]1c1ccccc1. The molecule has 5 heteroatoms. The third-order valence-electron chi connectivity index (χ3n) is 5.83. The van der Waals surface area contributed by atoms with E-state index in [0.717, 1.165) is 17.1 Å². The zero-order chi connectivity index (χ0) is 21.0. The molecule has 0 unspecified atom stereocenters. The zero-order valence-electron chi connectivity index (χ0n) is 17.1. The number of carbonyl (C=O) groups is 1. The van der Waals surface area contributed by atoms with Crippen molar-refractivity contribution in [2.45, 2.75) is 23.5 Å². The summed E-state index contributed by atoms with van der Waals surface area (Å²) in [6, 6.07) is 22.7. The van der Waals surface area contributed by atoms with E-state index >= 15 is 0 Å². The minimum atomic E-state index is -0.257. The Morgan fingerprint density at radius 1 is 0.968 bits per heavy atom. The van der Waals surface area contributed by atoms with E-state index in [1.54, 1.807) is 12.5 Å². The van der Waals surface area contributed by atoms with Crippen LogP contribution in [0.1, 0.15) is 29.0 Å². The van der Waals surface area contributed by atoms with Crippen LogP contribution in [0.25, 0.3) is 5.57 Å². The lowest BCUT2D eigenvalue weighted by molar-refractivity contribution is -0.149. The summed E-state index contributed by atoms with van der Waals surface area (Å²) in [4.78, 5) is 13.4. The predicted molar refractivity (Wildman–Crippen MR) is 128 cm³/mol. The van der Waals surface area contributed by atoms with Gasteiger partial charge in [-0.05, 0) is 46.3 Å². The van der Waals surface area contributed by atoms with E-state index in [9.17, 15) is 4.79 Å². The third-order valence-corrected chi connectivity index (χ3v) is 8.81. The summed E-state index contributed by atoms with van der Waals surface area (Å²) in [5.74, 6) is 1.88. The molecule has 3 aromatic rings. The lowest BCUT2D eigenvalue weighted by Crippen LogP contribution is -2.39. The summed E-state index contributed by atoms with van der Waals surface area (Å²) in [6.45, 7) is 0.242. The van der Waals surface area contributed by atoms with Gasteiger partial charge in [-0.15, -0.1) is 23.5 Å². The molecule has 31 heavy (non-hydrogen) atoms. The van der Waals surface area contributed by atoms with Gasteiger partial charge in [-0.25, -0.2) is 0 Å². The van der Waals surface area contributed by atoms with Gasteiger partial charge in [-0.2, -0.15) is 0 Å². The van der Waals surface area contributed by atoms with Crippen molar-refractivity contribution in [2.24, 2.45) is 5.92 Å². The topological polar surface area (TPSA) is 39.4 Å². The maximum Gasteiger partial charge on any atom is 0.314 e. The summed E-state index contributed by atoms with van der Waals surface area (Å²) in [6.07, 6.45) is 4.45. The average molecular weight is 449 g/mol. The van der Waals surface area contributed by atoms with Gasteiger partial charge in [0, 0.05) is 11.5 Å². The van der Waals surface area contributed by atoms with Crippen molar-refractivity contribution >= 4 is 35.1 Å². The van der Waals surface area contributed by atoms with E-state index in [-0.39, 0.29) is 24.4 Å². The molecule has 1 aliphatic carbocycles. The number of furan rings is 1. The van der Waals surface area contributed by atoms with Crippen LogP contribution in [0, 0.1) is 5.92 Å². The fraction of sp³-hybridized carbons (Fsp3) is 0.269. The van der Waals surface area contributed by atoms with Crippen molar-refractivity contribution in [1.82, 2.24) is 0 Å². The highest BCUT2D eigenvalue weighted by Gasteiger charge is 2.50. The van der Waals surface area contributed by atoms with Crippen LogP contribution in [-0.2, 0) is 16.1 Å². The molecule has 0 radical (unpaired) electrons. The third kappa shape index (κ3) is 4.21. The Hall–Kier alpha value is -2.37. The first-order valence-electron chi connectivity index (χ1n) is 10.6. The molecular formula is C26H24O3S2. The maximum absolute atomic E-state index is 13.4. The zero-order valence-corrected chi connectivity index (χ0v) is 18.7. The molecule has 0 N–H and O–H groups in total. The molecule has 0 bridgehead atoms. The van der Waals surface area contributed by atoms with Crippen LogP contribution in [0.15, 0.2) is 89.2 Å². The Balaban J connectivity index is 1.55. The number of benzene rings is 2. The quantitative estimate of drug-likeness (QED) is 0.409. The first-order valence-corrected chi connectivity index (χ1v) is 12.7. The minimum Gasteiger partial charge on any atom is -0.472 e. The van der Waals surface area contributed by atoms with Crippen molar-refractivity contribution in [1.29, 1.82) is 0 Å². The molecule has 1 fully saturated rings. The maximum atomic E-state index is 13.4. The molecule has 1 saturated heterocycles. The van der Waals surface area contributed by atoms with Crippen molar-refractivity contribution in [3.05, 3.63) is 102 Å². The van der Waals surface area contributed by atoms with Crippen LogP contribution >= 0.6 is 23.5 Å². The number of hydrogen-bond donors (Lipinski definition) is 0. The van der Waals surface area contributed by atoms with Gasteiger partial charge in [0.25, 0.3) is 0 Å². The summed E-state index contributed by atoms with van der Waals surface area (Å²) in [7, 11) is 0. The number of rotatable bonds is 6. The molecule has 2 heterocycles. The molecule has 1 aliphatic heterocycles. The van der Waals surface area contributed by atoms with Gasteiger partial charge in [-0.3, -0.25) is 4.79 Å². The number of carbonyl (C=O) groups excluding carboxylic acids is 1. The number of thioether (sulfide) groups is 2. The van der Waals surface area contributed by atoms with Crippen molar-refractivity contribution in [3.8, 4) is 0 Å². The molecule has 3 nitrogen and oxygen atoms in total. The normalized spacial score (nSPS) is 21.5. The molecule has 1 aromatic heterocycles. The van der Waals surface area contributed by atoms with Gasteiger partial charge in [-0.1, -0.05) is 60.7 Å². The molecule has 5 rings (SSSR count). The fourth-order valence-electron chi connectivity index (χ4n) is 4.40. The van der Waals surface area contributed by atoms with Crippen LogP contribution in [0.4, 0.5) is 0 Å². The second-order valence-electron chi connectivity index (χ2n) is 7.77. The van der Waals surface area contributed by atoms with E-state index < -0.39 is 0 Å². The molecule has 2 aromatic carbocycles. The van der Waals surface area contributed by atoms with Gasteiger partial charge in [0.2, 0.25) is 0 Å². The molecule has 0 amide bonds. The van der Waals surface area contributed by atoms with Gasteiger partial charge >= 0.3 is 5.97 Å². The number of esters is 1. The minimum absolute atomic E-state index is 0.0126. The Labute approximate surface area is 191 Å². The number of allylic oxidation sites excluding steroid dienone is 1. The van der Waals surface area contributed by atoms with Gasteiger partial charge in [0.15, 0.2) is 0 Å². The summed E-state index contributed by atoms with van der Waals surface area (Å²) < 4.78 is 11.2. The lowest BCUT2D eigenvalue weighted by Gasteiger charge is -2.45. The van der Waals surface area contributed by atoms with Gasteiger partial charge in [0.05, 0.1) is 23.0 Å². The molecule has 158 valence electrons. The average Bonchev–Trinajstić information content (AvgIpc) is 3.33. The second kappa shape index (κ2) is 9.41. The Morgan fingerprint density at radius 3 is 2.35 bits per heavy atom. The highest BCUT2D eigenvalue weighted by atomic mass is 32.2. The van der Waals surface area contributed by atoms with Crippen molar-refractivity contribution in [3.63, 3.8) is 0 Å². The summed E-state index contributed by atoms with van der Waals surface area (Å²) >= 11 is 3.92. The van der Waals surface area contributed by atoms with E-state index in [0.29, 0.717) is 4.58 Å². The fourth-order valence-corrected chi connectivity index (χ4v) is 7.50. The van der Waals surface area contributed by atoms with E-state index in [1.165, 1.54) is 28.7 Å². The van der Waals surface area contributed by atoms with Gasteiger partial charge < -0.3 is 9.15 Å². The molecular weight excluding hydrogens is 424 g/mol. The molecule has 0 saturated carbocycles. The summed E-state index contributed by atoms with van der Waals surface area (Å²) in [5.41, 5.74) is 5.79. The molecule has 2 atom stereocenters. The smallest absolute Gasteiger partial charge is 0.314 e. The number of ether oxygens (including phenoxy) is 1. The first-order chi connectivity index (χ1) is 15.3. The van der Waals surface area contributed by atoms with Crippen LogP contribution in [0.5, 0.6) is 0 Å². The van der Waals surface area contributed by atoms with Crippen molar-refractivity contribution < 1.29 is 13.9 Å². The van der Waals surface area contributed by atoms with E-state index in [4.69, 9.17) is 9.15 Å². The van der Waals surface area contributed by atoms with E-state index in [2.05, 4.69) is 36.4 Å². The Kier molecular flexibility index (Phi) is 6.23. The Bertz CT molecular complexity index is 1040. The Morgan fingerprint density at radius 2 is 1.68 bits per heavy atom. The standard InChI is InChI=1S/C26H24O3S2/c27-25(29-17-18-12-13-28-16-18)23-21(19-8-3-1-4-9-19)22(20-10-5-2-6-11-20)24(23)26-30-14-7-15-31-26/h1-6,8-13,16,21,23,26H,7,14-15,17H2/t21-,23+/m1/s1. The van der Waals surface area contributed by atoms with Gasteiger partial charge in [0.1, 0.15) is 6.61 Å². The lowest BCUT2D eigenvalue weighted by atomic mass is 9.63. The monoisotopic (exact) mass is 448 g/mol. The largest absolute Gasteiger partial charge is 0.472 e. The first kappa shape index (κ1) is 20.5. The summed E-state index contributed by atoms with van der Waals surface area (Å²) in [5, 5.41) is 0. The van der Waals surface area contributed by atoms with Crippen LogP contribution in [-0.4, -0.2) is 22.1 Å². The predicted octanol–water partition coefficient (Wildman–Crippen LogP) is 6.39. The van der Waals surface area contributed by atoms with Crippen LogP contribution < -0.4 is 0 Å². The second-order valence-corrected chi connectivity index (χ2v) is 10.5. The molecule has 0 spiro atoms. The highest BCUT2D eigenvalue weighted by Crippen LogP contribution is 2.58. The van der Waals surface area contributed by atoms with Crippen molar-refractivity contribution in [2.75, 3.05) is 11.5 Å².